The van der Waals surface area contributed by atoms with E-state index in [9.17, 15) is 19.7 Å². The number of benzene rings is 1. The number of piperidine rings is 1. The number of nitrogens with zero attached hydrogens (tertiary/aromatic N) is 3. The number of nitro groups is 1. The molecule has 2 amide bonds. The predicted octanol–water partition coefficient (Wildman–Crippen LogP) is 2.18. The van der Waals surface area contributed by atoms with Crippen molar-refractivity contribution in [2.45, 2.75) is 31.7 Å². The maximum atomic E-state index is 12.3. The van der Waals surface area contributed by atoms with Gasteiger partial charge in [-0.05, 0) is 31.4 Å². The Hall–Kier alpha value is -2.64. The molecule has 1 unspecified atom stereocenters. The third kappa shape index (κ3) is 3.47. The summed E-state index contributed by atoms with van der Waals surface area (Å²) in [5.41, 5.74) is -0.0552. The second kappa shape index (κ2) is 6.86. The fraction of sp³-hybridized carbons (Fsp3) is 0.500. The van der Waals surface area contributed by atoms with Gasteiger partial charge in [0.05, 0.1) is 4.92 Å². The van der Waals surface area contributed by atoms with Crippen molar-refractivity contribution < 1.29 is 19.2 Å². The molecule has 0 radical (unpaired) electrons. The summed E-state index contributed by atoms with van der Waals surface area (Å²) in [7, 11) is 0. The molecule has 128 valence electrons. The second-order valence-corrected chi connectivity index (χ2v) is 6.05. The Kier molecular flexibility index (Phi) is 4.64. The van der Waals surface area contributed by atoms with Crippen molar-refractivity contribution in [1.29, 1.82) is 0 Å². The van der Waals surface area contributed by atoms with Gasteiger partial charge in [-0.15, -0.1) is 0 Å². The lowest BCUT2D eigenvalue weighted by molar-refractivity contribution is -0.384. The first-order valence-corrected chi connectivity index (χ1v) is 8.05. The first-order chi connectivity index (χ1) is 11.5. The lowest BCUT2D eigenvalue weighted by Gasteiger charge is -2.36. The van der Waals surface area contributed by atoms with Crippen LogP contribution in [0.1, 0.15) is 25.7 Å². The summed E-state index contributed by atoms with van der Waals surface area (Å²) in [5, 5.41) is 10.6. The highest BCUT2D eigenvalue weighted by atomic mass is 16.6. The molecule has 24 heavy (non-hydrogen) atoms. The van der Waals surface area contributed by atoms with Gasteiger partial charge in [-0.25, -0.2) is 4.79 Å². The Morgan fingerprint density at radius 2 is 1.96 bits per heavy atom. The average Bonchev–Trinajstić information content (AvgIpc) is 3.01. The Balaban J connectivity index is 1.60. The zero-order valence-corrected chi connectivity index (χ0v) is 13.2. The van der Waals surface area contributed by atoms with Gasteiger partial charge in [0.1, 0.15) is 5.75 Å². The molecule has 8 heteroatoms. The molecular weight excluding hydrogens is 314 g/mol. The maximum absolute atomic E-state index is 12.3. The lowest BCUT2D eigenvalue weighted by Crippen LogP contribution is -2.50. The van der Waals surface area contributed by atoms with Crippen molar-refractivity contribution in [3.05, 3.63) is 34.4 Å². The van der Waals surface area contributed by atoms with Crippen molar-refractivity contribution in [3.8, 4) is 5.75 Å². The predicted molar refractivity (Wildman–Crippen MR) is 84.7 cm³/mol. The molecule has 2 heterocycles. The van der Waals surface area contributed by atoms with Gasteiger partial charge in [0.15, 0.2) is 0 Å². The van der Waals surface area contributed by atoms with Crippen LogP contribution in [0, 0.1) is 10.1 Å². The van der Waals surface area contributed by atoms with Crippen LogP contribution in [0.5, 0.6) is 5.75 Å². The fourth-order valence-corrected chi connectivity index (χ4v) is 3.23. The molecule has 0 saturated carbocycles. The van der Waals surface area contributed by atoms with Gasteiger partial charge in [0, 0.05) is 44.2 Å². The van der Waals surface area contributed by atoms with E-state index in [1.54, 1.807) is 4.90 Å². The van der Waals surface area contributed by atoms with Gasteiger partial charge in [-0.3, -0.25) is 14.9 Å². The van der Waals surface area contributed by atoms with Gasteiger partial charge in [-0.2, -0.15) is 0 Å². The number of hydrogen-bond acceptors (Lipinski definition) is 5. The van der Waals surface area contributed by atoms with Crippen LogP contribution in [0.25, 0.3) is 0 Å². The standard InChI is InChI=1S/C16H19N3O5/c20-15-4-2-10-18(15)13-3-1-9-17(11-13)16(21)24-14-7-5-12(6-8-14)19(22)23/h5-8,13H,1-4,9-11H2. The van der Waals surface area contributed by atoms with E-state index in [2.05, 4.69) is 0 Å². The number of hydrogen-bond donors (Lipinski definition) is 0. The van der Waals surface area contributed by atoms with E-state index in [0.29, 0.717) is 19.5 Å². The van der Waals surface area contributed by atoms with E-state index in [-0.39, 0.29) is 23.4 Å². The zero-order valence-electron chi connectivity index (χ0n) is 13.2. The van der Waals surface area contributed by atoms with Crippen LogP contribution in [0.15, 0.2) is 24.3 Å². The number of carbonyl (C=O) groups is 2. The minimum atomic E-state index is -0.506. The fourth-order valence-electron chi connectivity index (χ4n) is 3.23. The van der Waals surface area contributed by atoms with Gasteiger partial charge < -0.3 is 14.5 Å². The number of non-ortho nitro benzene ring substituents is 1. The van der Waals surface area contributed by atoms with E-state index in [4.69, 9.17) is 4.74 Å². The van der Waals surface area contributed by atoms with Crippen molar-refractivity contribution >= 4 is 17.7 Å². The van der Waals surface area contributed by atoms with Crippen LogP contribution < -0.4 is 4.74 Å². The SMILES string of the molecule is O=C(Oc1ccc([N+](=O)[O-])cc1)N1CCCC(N2CCCC2=O)C1. The van der Waals surface area contributed by atoms with Crippen LogP contribution in [-0.4, -0.2) is 52.4 Å². The smallest absolute Gasteiger partial charge is 0.410 e. The Bertz CT molecular complexity index is 646. The highest BCUT2D eigenvalue weighted by molar-refractivity contribution is 5.78. The molecule has 0 aromatic heterocycles. The monoisotopic (exact) mass is 333 g/mol. The summed E-state index contributed by atoms with van der Waals surface area (Å²) in [6.45, 7) is 1.82. The van der Waals surface area contributed by atoms with E-state index in [1.165, 1.54) is 24.3 Å². The summed E-state index contributed by atoms with van der Waals surface area (Å²) < 4.78 is 5.29. The molecule has 1 aromatic rings. The Labute approximate surface area is 139 Å². The Morgan fingerprint density at radius 1 is 1.21 bits per heavy atom. The molecule has 3 rings (SSSR count). The summed E-state index contributed by atoms with van der Waals surface area (Å²) in [4.78, 5) is 37.7. The largest absolute Gasteiger partial charge is 0.415 e. The van der Waals surface area contributed by atoms with Gasteiger partial charge in [0.2, 0.25) is 5.91 Å². The summed E-state index contributed by atoms with van der Waals surface area (Å²) >= 11 is 0. The number of amides is 2. The second-order valence-electron chi connectivity index (χ2n) is 6.05. The molecule has 0 aliphatic carbocycles. The van der Waals surface area contributed by atoms with Crippen LogP contribution >= 0.6 is 0 Å². The number of carbonyl (C=O) groups excluding carboxylic acids is 2. The molecule has 2 fully saturated rings. The van der Waals surface area contributed by atoms with E-state index < -0.39 is 11.0 Å². The molecule has 2 saturated heterocycles. The van der Waals surface area contributed by atoms with Crippen LogP contribution in [-0.2, 0) is 4.79 Å². The number of likely N-dealkylation sites (tertiary alicyclic amines) is 2. The molecule has 0 bridgehead atoms. The van der Waals surface area contributed by atoms with E-state index >= 15 is 0 Å². The van der Waals surface area contributed by atoms with Crippen LogP contribution in [0.2, 0.25) is 0 Å². The molecule has 2 aliphatic rings. The molecular formula is C16H19N3O5. The number of ether oxygens (including phenoxy) is 1. The molecule has 2 aliphatic heterocycles. The summed E-state index contributed by atoms with van der Waals surface area (Å²) in [6, 6.07) is 5.45. The Morgan fingerprint density at radius 3 is 2.58 bits per heavy atom. The highest BCUT2D eigenvalue weighted by Crippen LogP contribution is 2.23. The number of nitro benzene ring substituents is 1. The summed E-state index contributed by atoms with van der Waals surface area (Å²) in [5.74, 6) is 0.426. The van der Waals surface area contributed by atoms with E-state index in [0.717, 1.165) is 25.8 Å². The molecule has 1 aromatic carbocycles. The zero-order chi connectivity index (χ0) is 17.1. The average molecular weight is 333 g/mol. The molecule has 0 N–H and O–H groups in total. The minimum Gasteiger partial charge on any atom is -0.410 e. The summed E-state index contributed by atoms with van der Waals surface area (Å²) in [6.07, 6.45) is 2.70. The first kappa shape index (κ1) is 16.2. The van der Waals surface area contributed by atoms with Crippen molar-refractivity contribution in [2.24, 2.45) is 0 Å². The van der Waals surface area contributed by atoms with Crippen molar-refractivity contribution in [1.82, 2.24) is 9.80 Å². The van der Waals surface area contributed by atoms with Crippen molar-refractivity contribution in [3.63, 3.8) is 0 Å². The highest BCUT2D eigenvalue weighted by Gasteiger charge is 2.33. The third-order valence-electron chi connectivity index (χ3n) is 4.46. The quantitative estimate of drug-likeness (QED) is 0.624. The molecule has 1 atom stereocenters. The first-order valence-electron chi connectivity index (χ1n) is 8.05. The molecule has 0 spiro atoms. The van der Waals surface area contributed by atoms with E-state index in [1.807, 2.05) is 4.90 Å². The third-order valence-corrected chi connectivity index (χ3v) is 4.46. The topological polar surface area (TPSA) is 93.0 Å². The van der Waals surface area contributed by atoms with Gasteiger partial charge in [0.25, 0.3) is 5.69 Å². The van der Waals surface area contributed by atoms with Crippen LogP contribution in [0.4, 0.5) is 10.5 Å². The van der Waals surface area contributed by atoms with Gasteiger partial charge in [-0.1, -0.05) is 0 Å². The van der Waals surface area contributed by atoms with Crippen LogP contribution in [0.3, 0.4) is 0 Å². The molecule has 8 nitrogen and oxygen atoms in total. The number of rotatable bonds is 3. The normalized spacial score (nSPS) is 21.0. The minimum absolute atomic E-state index is 0.0539. The maximum Gasteiger partial charge on any atom is 0.415 e. The van der Waals surface area contributed by atoms with Crippen molar-refractivity contribution in [2.75, 3.05) is 19.6 Å². The van der Waals surface area contributed by atoms with Gasteiger partial charge >= 0.3 is 6.09 Å². The lowest BCUT2D eigenvalue weighted by atomic mass is 10.0.